The topological polar surface area (TPSA) is 88.4 Å². The second-order valence-corrected chi connectivity index (χ2v) is 10.2. The summed E-state index contributed by atoms with van der Waals surface area (Å²) >= 11 is 0. The number of likely N-dealkylation sites (N-methyl/N-ethyl adjacent to an activating group) is 1. The highest BCUT2D eigenvalue weighted by atomic mass is 16.5. The van der Waals surface area contributed by atoms with Gasteiger partial charge in [0.25, 0.3) is 5.56 Å². The van der Waals surface area contributed by atoms with E-state index in [9.17, 15) is 4.79 Å². The van der Waals surface area contributed by atoms with Crippen LogP contribution in [0.25, 0.3) is 16.6 Å². The second-order valence-electron chi connectivity index (χ2n) is 10.2. The van der Waals surface area contributed by atoms with Crippen LogP contribution in [-0.2, 0) is 0 Å². The minimum absolute atomic E-state index is 0.254. The van der Waals surface area contributed by atoms with Gasteiger partial charge in [-0.3, -0.25) is 4.79 Å². The van der Waals surface area contributed by atoms with Crippen LogP contribution in [0.15, 0.2) is 59.5 Å². The summed E-state index contributed by atoms with van der Waals surface area (Å²) in [7, 11) is 3.76. The standard InChI is InChI=1S/C29H33N7O2/c1-34-15-17-35(18-16-34)22-13-11-21(12-14-22)31-29-30-19-23-27(32-29)26(20-7-3-4-8-20)33-36(28(23)37)24-9-5-6-10-25(24)38-2/h5-6,9-14,19-20H,3-4,7-8,15-18H2,1-2H3,(H,30,31,32). The van der Waals surface area contributed by atoms with E-state index in [1.54, 1.807) is 13.3 Å². The summed E-state index contributed by atoms with van der Waals surface area (Å²) in [5.74, 6) is 1.31. The molecule has 1 N–H and O–H groups in total. The highest BCUT2D eigenvalue weighted by molar-refractivity contribution is 5.81. The van der Waals surface area contributed by atoms with Crippen molar-refractivity contribution in [3.05, 3.63) is 70.8 Å². The van der Waals surface area contributed by atoms with Crippen LogP contribution in [0.1, 0.15) is 37.3 Å². The van der Waals surface area contributed by atoms with Crippen LogP contribution in [0.5, 0.6) is 5.75 Å². The van der Waals surface area contributed by atoms with Gasteiger partial charge in [-0.2, -0.15) is 9.78 Å². The molecular weight excluding hydrogens is 478 g/mol. The van der Waals surface area contributed by atoms with Crippen molar-refractivity contribution in [2.75, 3.05) is 50.6 Å². The number of benzene rings is 2. The Labute approximate surface area is 222 Å². The lowest BCUT2D eigenvalue weighted by Gasteiger charge is -2.34. The zero-order valence-corrected chi connectivity index (χ0v) is 21.9. The van der Waals surface area contributed by atoms with E-state index in [0.717, 1.165) is 63.2 Å². The van der Waals surface area contributed by atoms with Crippen molar-refractivity contribution in [3.8, 4) is 11.4 Å². The first-order valence-corrected chi connectivity index (χ1v) is 13.3. The summed E-state index contributed by atoms with van der Waals surface area (Å²) in [6, 6.07) is 15.8. The normalized spacial score (nSPS) is 16.7. The third kappa shape index (κ3) is 4.69. The number of aromatic nitrogens is 4. The molecule has 2 aromatic heterocycles. The van der Waals surface area contributed by atoms with E-state index < -0.39 is 0 Å². The summed E-state index contributed by atoms with van der Waals surface area (Å²) in [4.78, 5) is 27.7. The second kappa shape index (κ2) is 10.4. The van der Waals surface area contributed by atoms with E-state index in [1.807, 2.05) is 24.3 Å². The van der Waals surface area contributed by atoms with Crippen LogP contribution in [0, 0.1) is 0 Å². The molecule has 0 bridgehead atoms. The predicted octanol–water partition coefficient (Wildman–Crippen LogP) is 4.34. The van der Waals surface area contributed by atoms with Gasteiger partial charge in [0.2, 0.25) is 5.95 Å². The maximum absolute atomic E-state index is 13.6. The number of nitrogens with one attached hydrogen (secondary N) is 1. The van der Waals surface area contributed by atoms with Crippen molar-refractivity contribution in [2.24, 2.45) is 0 Å². The van der Waals surface area contributed by atoms with Crippen LogP contribution in [0.3, 0.4) is 0 Å². The molecule has 1 saturated carbocycles. The van der Waals surface area contributed by atoms with Crippen LogP contribution >= 0.6 is 0 Å². The molecule has 9 heteroatoms. The first-order valence-electron chi connectivity index (χ1n) is 13.3. The van der Waals surface area contributed by atoms with E-state index in [2.05, 4.69) is 51.4 Å². The van der Waals surface area contributed by atoms with Crippen LogP contribution < -0.4 is 20.5 Å². The lowest BCUT2D eigenvalue weighted by molar-refractivity contribution is 0.313. The molecule has 4 aromatic rings. The molecule has 1 aliphatic heterocycles. The smallest absolute Gasteiger partial charge is 0.282 e. The fourth-order valence-electron chi connectivity index (χ4n) is 5.50. The highest BCUT2D eigenvalue weighted by Crippen LogP contribution is 2.36. The molecule has 0 radical (unpaired) electrons. The molecule has 0 amide bonds. The lowest BCUT2D eigenvalue weighted by atomic mass is 10.0. The van der Waals surface area contributed by atoms with Gasteiger partial charge < -0.3 is 19.9 Å². The van der Waals surface area contributed by atoms with Gasteiger partial charge in [0.1, 0.15) is 17.0 Å². The Kier molecular flexibility index (Phi) is 6.68. The Hall–Kier alpha value is -3.98. The van der Waals surface area contributed by atoms with E-state index in [0.29, 0.717) is 28.3 Å². The maximum atomic E-state index is 13.6. The first-order chi connectivity index (χ1) is 18.6. The van der Waals surface area contributed by atoms with E-state index in [-0.39, 0.29) is 11.5 Å². The number of piperazine rings is 1. The van der Waals surface area contributed by atoms with Gasteiger partial charge >= 0.3 is 0 Å². The average Bonchev–Trinajstić information content (AvgIpc) is 3.49. The molecule has 38 heavy (non-hydrogen) atoms. The third-order valence-corrected chi connectivity index (χ3v) is 7.71. The Morgan fingerprint density at radius 3 is 2.45 bits per heavy atom. The largest absolute Gasteiger partial charge is 0.494 e. The minimum Gasteiger partial charge on any atom is -0.494 e. The van der Waals surface area contributed by atoms with E-state index in [4.69, 9.17) is 14.8 Å². The van der Waals surface area contributed by atoms with Gasteiger partial charge in [-0.05, 0) is 56.3 Å². The number of hydrogen-bond donors (Lipinski definition) is 1. The molecule has 1 aliphatic carbocycles. The van der Waals surface area contributed by atoms with Crippen molar-refractivity contribution >= 4 is 28.2 Å². The van der Waals surface area contributed by atoms with Crippen molar-refractivity contribution in [3.63, 3.8) is 0 Å². The highest BCUT2D eigenvalue weighted by Gasteiger charge is 2.25. The summed E-state index contributed by atoms with van der Waals surface area (Å²) in [6.07, 6.45) is 5.99. The molecule has 6 rings (SSSR count). The van der Waals surface area contributed by atoms with Crippen molar-refractivity contribution in [1.82, 2.24) is 24.6 Å². The van der Waals surface area contributed by atoms with Crippen LogP contribution in [0.4, 0.5) is 17.3 Å². The minimum atomic E-state index is -0.255. The fourth-order valence-corrected chi connectivity index (χ4v) is 5.50. The molecule has 0 unspecified atom stereocenters. The molecule has 2 fully saturated rings. The van der Waals surface area contributed by atoms with Crippen molar-refractivity contribution in [2.45, 2.75) is 31.6 Å². The molecule has 2 aliphatic rings. The van der Waals surface area contributed by atoms with Crippen LogP contribution in [0.2, 0.25) is 0 Å². The zero-order valence-electron chi connectivity index (χ0n) is 21.9. The lowest BCUT2D eigenvalue weighted by Crippen LogP contribution is -2.44. The monoisotopic (exact) mass is 511 g/mol. The molecule has 3 heterocycles. The Bertz CT molecular complexity index is 1490. The van der Waals surface area contributed by atoms with Gasteiger partial charge in [-0.1, -0.05) is 25.0 Å². The predicted molar refractivity (Wildman–Crippen MR) is 150 cm³/mol. The Morgan fingerprint density at radius 2 is 1.71 bits per heavy atom. The maximum Gasteiger partial charge on any atom is 0.282 e. The number of fused-ring (bicyclic) bond motifs is 1. The number of nitrogens with zero attached hydrogens (tertiary/aromatic N) is 6. The van der Waals surface area contributed by atoms with Gasteiger partial charge in [0, 0.05) is 49.7 Å². The van der Waals surface area contributed by atoms with E-state index >= 15 is 0 Å². The molecule has 9 nitrogen and oxygen atoms in total. The van der Waals surface area contributed by atoms with Gasteiger partial charge in [0.05, 0.1) is 18.2 Å². The Balaban J connectivity index is 1.35. The van der Waals surface area contributed by atoms with Gasteiger partial charge in [-0.25, -0.2) is 9.97 Å². The SMILES string of the molecule is COc1ccccc1-n1nc(C2CCCC2)c2nc(Nc3ccc(N4CCN(C)CC4)cc3)ncc2c1=O. The summed E-state index contributed by atoms with van der Waals surface area (Å²) < 4.78 is 6.97. The first kappa shape index (κ1) is 24.4. The molecule has 0 spiro atoms. The molecule has 196 valence electrons. The fraction of sp³-hybridized carbons (Fsp3) is 0.379. The number of para-hydroxylation sites is 2. The number of anilines is 3. The summed E-state index contributed by atoms with van der Waals surface area (Å²) in [5, 5.41) is 8.67. The molecule has 2 aromatic carbocycles. The van der Waals surface area contributed by atoms with Gasteiger partial charge in [-0.15, -0.1) is 0 Å². The molecule has 1 saturated heterocycles. The Morgan fingerprint density at radius 1 is 0.974 bits per heavy atom. The molecule has 0 atom stereocenters. The molecular formula is C29H33N7O2. The third-order valence-electron chi connectivity index (χ3n) is 7.71. The van der Waals surface area contributed by atoms with E-state index in [1.165, 1.54) is 10.4 Å². The van der Waals surface area contributed by atoms with Crippen molar-refractivity contribution < 1.29 is 4.74 Å². The number of ether oxygens (including phenoxy) is 1. The van der Waals surface area contributed by atoms with Crippen molar-refractivity contribution in [1.29, 1.82) is 0 Å². The quantitative estimate of drug-likeness (QED) is 0.409. The number of rotatable bonds is 6. The summed E-state index contributed by atoms with van der Waals surface area (Å²) in [6.45, 7) is 4.20. The zero-order chi connectivity index (χ0) is 26.1. The van der Waals surface area contributed by atoms with Gasteiger partial charge in [0.15, 0.2) is 0 Å². The number of methoxy groups -OCH3 is 1. The average molecular weight is 512 g/mol. The number of hydrogen-bond acceptors (Lipinski definition) is 8. The summed E-state index contributed by atoms with van der Waals surface area (Å²) in [5.41, 5.74) is 3.95. The van der Waals surface area contributed by atoms with Crippen LogP contribution in [-0.4, -0.2) is 65.0 Å².